The van der Waals surface area contributed by atoms with Gasteiger partial charge in [-0.15, -0.1) is 10.2 Å². The van der Waals surface area contributed by atoms with Crippen LogP contribution < -0.4 is 15.5 Å². The third kappa shape index (κ3) is 4.36. The number of amides is 2. The van der Waals surface area contributed by atoms with Crippen molar-refractivity contribution in [3.63, 3.8) is 0 Å². The van der Waals surface area contributed by atoms with Crippen molar-refractivity contribution < 1.29 is 9.59 Å². The molecule has 1 fully saturated rings. The van der Waals surface area contributed by atoms with E-state index in [0.717, 1.165) is 6.42 Å². The minimum Gasteiger partial charge on any atom is -0.358 e. The highest BCUT2D eigenvalue weighted by Gasteiger charge is 2.30. The van der Waals surface area contributed by atoms with Gasteiger partial charge in [-0.05, 0) is 37.1 Å². The third-order valence-electron chi connectivity index (χ3n) is 4.51. The molecule has 2 aromatic heterocycles. The number of aromatic nitrogens is 3. The molecule has 1 aromatic carbocycles. The number of benzene rings is 1. The second-order valence-electron chi connectivity index (χ2n) is 6.41. The van der Waals surface area contributed by atoms with Crippen molar-refractivity contribution in [1.29, 1.82) is 0 Å². The Kier molecular flexibility index (Phi) is 5.68. The number of para-hydroxylation sites is 1. The molecular weight excluding hydrogens is 412 g/mol. The molecule has 1 unspecified atom stereocenters. The van der Waals surface area contributed by atoms with E-state index in [4.69, 9.17) is 11.6 Å². The monoisotopic (exact) mass is 428 g/mol. The van der Waals surface area contributed by atoms with Crippen LogP contribution in [0.1, 0.15) is 23.2 Å². The molecule has 0 spiro atoms. The second-order valence-corrected chi connectivity index (χ2v) is 7.65. The maximum atomic E-state index is 12.9. The summed E-state index contributed by atoms with van der Waals surface area (Å²) in [6.07, 6.45) is 3.00. The van der Waals surface area contributed by atoms with Crippen LogP contribution in [-0.2, 0) is 4.79 Å². The summed E-state index contributed by atoms with van der Waals surface area (Å²) < 4.78 is 0. The standard InChI is InChI=1S/C19H17ClN6O2S/c20-13-4-1-2-6-15(13)26-9-3-5-14(18(26)28)23-16-8-7-12(10-21-16)17(27)24-19-25-22-11-29-19/h1-2,4,6-8,10-11,14H,3,5,9H2,(H,21,23)(H,24,25,27). The van der Waals surface area contributed by atoms with Gasteiger partial charge in [0.05, 0.1) is 16.3 Å². The Bertz CT molecular complexity index is 1010. The molecule has 0 aliphatic carbocycles. The fourth-order valence-electron chi connectivity index (χ4n) is 3.11. The summed E-state index contributed by atoms with van der Waals surface area (Å²) in [6.45, 7) is 0.624. The van der Waals surface area contributed by atoms with E-state index in [-0.39, 0.29) is 11.8 Å². The van der Waals surface area contributed by atoms with E-state index in [2.05, 4.69) is 25.8 Å². The Labute approximate surface area is 175 Å². The van der Waals surface area contributed by atoms with E-state index < -0.39 is 6.04 Å². The van der Waals surface area contributed by atoms with Crippen molar-refractivity contribution in [2.75, 3.05) is 22.1 Å². The lowest BCUT2D eigenvalue weighted by atomic mass is 10.0. The maximum Gasteiger partial charge on any atom is 0.259 e. The topological polar surface area (TPSA) is 100 Å². The van der Waals surface area contributed by atoms with Crippen LogP contribution in [0.15, 0.2) is 48.1 Å². The van der Waals surface area contributed by atoms with Crippen molar-refractivity contribution in [2.45, 2.75) is 18.9 Å². The zero-order valence-electron chi connectivity index (χ0n) is 15.2. The highest BCUT2D eigenvalue weighted by molar-refractivity contribution is 7.13. The maximum absolute atomic E-state index is 12.9. The predicted molar refractivity (Wildman–Crippen MR) is 113 cm³/mol. The summed E-state index contributed by atoms with van der Waals surface area (Å²) in [5.41, 5.74) is 2.63. The minimum atomic E-state index is -0.409. The van der Waals surface area contributed by atoms with Gasteiger partial charge < -0.3 is 10.2 Å². The highest BCUT2D eigenvalue weighted by atomic mass is 35.5. The van der Waals surface area contributed by atoms with Crippen LogP contribution >= 0.6 is 22.9 Å². The molecule has 3 heterocycles. The van der Waals surface area contributed by atoms with Gasteiger partial charge in [-0.25, -0.2) is 4.98 Å². The first-order chi connectivity index (χ1) is 14.1. The molecule has 29 heavy (non-hydrogen) atoms. The van der Waals surface area contributed by atoms with Crippen molar-refractivity contribution in [3.8, 4) is 0 Å². The number of hydrogen-bond acceptors (Lipinski definition) is 7. The average molecular weight is 429 g/mol. The van der Waals surface area contributed by atoms with Gasteiger partial charge in [-0.1, -0.05) is 35.1 Å². The predicted octanol–water partition coefficient (Wildman–Crippen LogP) is 3.45. The molecule has 0 bridgehead atoms. The molecule has 1 aliphatic rings. The number of halogens is 1. The van der Waals surface area contributed by atoms with Crippen LogP contribution in [0.25, 0.3) is 0 Å². The Morgan fingerprint density at radius 2 is 2.10 bits per heavy atom. The first-order valence-corrected chi connectivity index (χ1v) is 10.2. The van der Waals surface area contributed by atoms with Crippen molar-refractivity contribution in [1.82, 2.24) is 15.2 Å². The van der Waals surface area contributed by atoms with Crippen LogP contribution in [0.4, 0.5) is 16.6 Å². The smallest absolute Gasteiger partial charge is 0.259 e. The molecule has 0 radical (unpaired) electrons. The van der Waals surface area contributed by atoms with E-state index in [1.807, 2.05) is 18.2 Å². The van der Waals surface area contributed by atoms with Gasteiger partial charge in [0.2, 0.25) is 11.0 Å². The first kappa shape index (κ1) is 19.3. The Hall–Kier alpha value is -3.04. The molecule has 2 amide bonds. The Balaban J connectivity index is 1.42. The number of rotatable bonds is 5. The summed E-state index contributed by atoms with van der Waals surface area (Å²) in [6, 6.07) is 10.2. The number of piperidine rings is 1. The molecule has 1 aliphatic heterocycles. The molecular formula is C19H17ClN6O2S. The molecule has 2 N–H and O–H groups in total. The largest absolute Gasteiger partial charge is 0.358 e. The van der Waals surface area contributed by atoms with Gasteiger partial charge in [0.1, 0.15) is 17.4 Å². The third-order valence-corrected chi connectivity index (χ3v) is 5.44. The number of hydrogen-bond donors (Lipinski definition) is 2. The van der Waals surface area contributed by atoms with Crippen LogP contribution in [0.5, 0.6) is 0 Å². The minimum absolute atomic E-state index is 0.0516. The number of carbonyl (C=O) groups is 2. The number of nitrogens with zero attached hydrogens (tertiary/aromatic N) is 4. The van der Waals surface area contributed by atoms with E-state index in [9.17, 15) is 9.59 Å². The van der Waals surface area contributed by atoms with E-state index in [1.54, 1.807) is 23.1 Å². The van der Waals surface area contributed by atoms with Crippen LogP contribution in [-0.4, -0.2) is 39.6 Å². The fraction of sp³-hybridized carbons (Fsp3) is 0.211. The lowest BCUT2D eigenvalue weighted by molar-refractivity contribution is -0.120. The SMILES string of the molecule is O=C(Nc1nncs1)c1ccc(NC2CCCN(c3ccccc3Cl)C2=O)nc1. The fourth-order valence-corrected chi connectivity index (χ4v) is 3.79. The van der Waals surface area contributed by atoms with Crippen LogP contribution in [0.3, 0.4) is 0 Å². The summed E-state index contributed by atoms with van der Waals surface area (Å²) in [7, 11) is 0. The lowest BCUT2D eigenvalue weighted by Crippen LogP contribution is -2.48. The molecule has 148 valence electrons. The van der Waals surface area contributed by atoms with E-state index >= 15 is 0 Å². The van der Waals surface area contributed by atoms with Crippen molar-refractivity contribution in [2.24, 2.45) is 0 Å². The average Bonchev–Trinajstić information content (AvgIpc) is 3.24. The second kappa shape index (κ2) is 8.54. The van der Waals surface area contributed by atoms with Gasteiger partial charge in [0.15, 0.2) is 0 Å². The van der Waals surface area contributed by atoms with E-state index in [0.29, 0.717) is 40.2 Å². The van der Waals surface area contributed by atoms with Crippen molar-refractivity contribution in [3.05, 3.63) is 58.7 Å². The summed E-state index contributed by atoms with van der Waals surface area (Å²) in [4.78, 5) is 31.1. The molecule has 10 heteroatoms. The molecule has 8 nitrogen and oxygen atoms in total. The number of pyridine rings is 1. The summed E-state index contributed by atoms with van der Waals surface area (Å²) >= 11 is 7.49. The van der Waals surface area contributed by atoms with Crippen molar-refractivity contribution >= 4 is 51.4 Å². The zero-order valence-corrected chi connectivity index (χ0v) is 16.8. The zero-order chi connectivity index (χ0) is 20.2. The van der Waals surface area contributed by atoms with Gasteiger partial charge >= 0.3 is 0 Å². The Morgan fingerprint density at radius 3 is 2.83 bits per heavy atom. The Morgan fingerprint density at radius 1 is 1.24 bits per heavy atom. The van der Waals surface area contributed by atoms with Gasteiger partial charge in [-0.2, -0.15) is 0 Å². The highest BCUT2D eigenvalue weighted by Crippen LogP contribution is 2.29. The molecule has 1 atom stereocenters. The lowest BCUT2D eigenvalue weighted by Gasteiger charge is -2.33. The molecule has 4 rings (SSSR count). The van der Waals surface area contributed by atoms with Gasteiger partial charge in [-0.3, -0.25) is 14.9 Å². The molecule has 3 aromatic rings. The summed E-state index contributed by atoms with van der Waals surface area (Å²) in [5, 5.41) is 14.2. The molecule has 1 saturated heterocycles. The van der Waals surface area contributed by atoms with Crippen LogP contribution in [0, 0.1) is 0 Å². The number of anilines is 3. The molecule has 0 saturated carbocycles. The number of carbonyl (C=O) groups excluding carboxylic acids is 2. The van der Waals surface area contributed by atoms with E-state index in [1.165, 1.54) is 23.0 Å². The van der Waals surface area contributed by atoms with Crippen LogP contribution in [0.2, 0.25) is 5.02 Å². The normalized spacial score (nSPS) is 16.5. The first-order valence-electron chi connectivity index (χ1n) is 8.98. The number of nitrogens with one attached hydrogen (secondary N) is 2. The van der Waals surface area contributed by atoms with Gasteiger partial charge in [0, 0.05) is 12.7 Å². The quantitative estimate of drug-likeness (QED) is 0.645. The van der Waals surface area contributed by atoms with Gasteiger partial charge in [0.25, 0.3) is 5.91 Å². The summed E-state index contributed by atoms with van der Waals surface area (Å²) in [5.74, 6) is 0.153.